The molecule has 0 aromatic heterocycles. The van der Waals surface area contributed by atoms with Crippen LogP contribution in [0.1, 0.15) is 34.1 Å². The Labute approximate surface area is 123 Å². The second-order valence-electron chi connectivity index (χ2n) is 5.93. The van der Waals surface area contributed by atoms with E-state index in [1.54, 1.807) is 0 Å². The Morgan fingerprint density at radius 3 is 2.37 bits per heavy atom. The fourth-order valence-electron chi connectivity index (χ4n) is 2.21. The van der Waals surface area contributed by atoms with Crippen molar-refractivity contribution in [3.05, 3.63) is 0 Å². The molecule has 0 saturated carbocycles. The van der Waals surface area contributed by atoms with Gasteiger partial charge >= 0.3 is 0 Å². The topological polar surface area (TPSA) is 27.7 Å². The highest BCUT2D eigenvalue weighted by atomic mass is 32.1. The molecule has 0 unspecified atom stereocenters. The summed E-state index contributed by atoms with van der Waals surface area (Å²) in [6.45, 7) is 15.6. The lowest BCUT2D eigenvalue weighted by molar-refractivity contribution is 0.0879. The van der Waals surface area contributed by atoms with Gasteiger partial charge in [0.05, 0.1) is 0 Å². The van der Waals surface area contributed by atoms with E-state index < -0.39 is 0 Å². The summed E-state index contributed by atoms with van der Waals surface area (Å²) in [7, 11) is 0. The molecule has 112 valence electrons. The van der Waals surface area contributed by atoms with Crippen molar-refractivity contribution in [3.63, 3.8) is 0 Å². The summed E-state index contributed by atoms with van der Waals surface area (Å²) in [5, 5.41) is 4.22. The molecule has 0 spiro atoms. The first-order valence-electron chi connectivity index (χ1n) is 7.30. The van der Waals surface area contributed by atoms with E-state index in [2.05, 4.69) is 35.9 Å². The minimum Gasteiger partial charge on any atom is -0.382 e. The molecule has 4 nitrogen and oxygen atoms in total. The number of hydrogen-bond acceptors (Lipinski definition) is 3. The maximum atomic E-state index is 5.44. The molecule has 0 aromatic carbocycles. The molecule has 1 heterocycles. The van der Waals surface area contributed by atoms with Gasteiger partial charge in [0, 0.05) is 51.5 Å². The third-order valence-electron chi connectivity index (χ3n) is 3.46. The molecule has 1 saturated heterocycles. The summed E-state index contributed by atoms with van der Waals surface area (Å²) in [5.41, 5.74) is 0.263. The Hall–Kier alpha value is -0.390. The van der Waals surface area contributed by atoms with Crippen LogP contribution in [0.4, 0.5) is 0 Å². The number of rotatable bonds is 5. The van der Waals surface area contributed by atoms with Crippen LogP contribution in [0.5, 0.6) is 0 Å². The van der Waals surface area contributed by atoms with E-state index in [0.717, 1.165) is 57.5 Å². The van der Waals surface area contributed by atoms with Gasteiger partial charge in [0.2, 0.25) is 0 Å². The van der Waals surface area contributed by atoms with Gasteiger partial charge in [-0.05, 0) is 46.3 Å². The van der Waals surface area contributed by atoms with Crippen LogP contribution < -0.4 is 5.32 Å². The maximum Gasteiger partial charge on any atom is 0.169 e. The lowest BCUT2D eigenvalue weighted by atomic mass is 10.1. The molecule has 5 heteroatoms. The Morgan fingerprint density at radius 2 is 1.84 bits per heavy atom. The highest BCUT2D eigenvalue weighted by molar-refractivity contribution is 7.80. The van der Waals surface area contributed by atoms with Gasteiger partial charge in [-0.25, -0.2) is 0 Å². The second kappa shape index (κ2) is 8.02. The van der Waals surface area contributed by atoms with Crippen molar-refractivity contribution in [2.45, 2.75) is 39.7 Å². The smallest absolute Gasteiger partial charge is 0.169 e. The van der Waals surface area contributed by atoms with E-state index >= 15 is 0 Å². The molecule has 0 atom stereocenters. The first kappa shape index (κ1) is 16.7. The van der Waals surface area contributed by atoms with Crippen molar-refractivity contribution >= 4 is 17.3 Å². The average molecular weight is 287 g/mol. The minimum atomic E-state index is 0.263. The predicted octanol–water partition coefficient (Wildman–Crippen LogP) is 1.70. The number of nitrogens with zero attached hydrogens (tertiary/aromatic N) is 2. The number of ether oxygens (including phenoxy) is 1. The zero-order valence-corrected chi connectivity index (χ0v) is 13.7. The van der Waals surface area contributed by atoms with Crippen LogP contribution in [-0.2, 0) is 4.74 Å². The molecule has 1 fully saturated rings. The van der Waals surface area contributed by atoms with Crippen molar-refractivity contribution in [3.8, 4) is 0 Å². The molecule has 1 rings (SSSR count). The molecule has 1 aliphatic rings. The zero-order chi connectivity index (χ0) is 14.3. The van der Waals surface area contributed by atoms with Crippen LogP contribution >= 0.6 is 12.2 Å². The van der Waals surface area contributed by atoms with Crippen LogP contribution in [0, 0.1) is 0 Å². The highest BCUT2D eigenvalue weighted by Gasteiger charge is 2.26. The van der Waals surface area contributed by atoms with Gasteiger partial charge in [0.1, 0.15) is 0 Å². The molecule has 0 bridgehead atoms. The molecule has 0 aliphatic carbocycles. The number of nitrogens with one attached hydrogen (secondary N) is 1. The van der Waals surface area contributed by atoms with Gasteiger partial charge in [-0.1, -0.05) is 0 Å². The van der Waals surface area contributed by atoms with Gasteiger partial charge in [-0.3, -0.25) is 4.90 Å². The molecule has 19 heavy (non-hydrogen) atoms. The Bertz CT molecular complexity index is 270. The Balaban J connectivity index is 2.18. The van der Waals surface area contributed by atoms with E-state index in [-0.39, 0.29) is 5.54 Å². The van der Waals surface area contributed by atoms with Crippen molar-refractivity contribution in [1.82, 2.24) is 15.1 Å². The molecule has 0 amide bonds. The van der Waals surface area contributed by atoms with E-state index in [4.69, 9.17) is 17.0 Å². The third kappa shape index (κ3) is 6.06. The minimum absolute atomic E-state index is 0.263. The van der Waals surface area contributed by atoms with Crippen molar-refractivity contribution in [2.24, 2.45) is 0 Å². The molecule has 1 aliphatic heterocycles. The SMILES string of the molecule is CCOCCCNC(=S)N1CCN(C(C)(C)C)CC1. The second-order valence-corrected chi connectivity index (χ2v) is 6.31. The van der Waals surface area contributed by atoms with Gasteiger partial charge < -0.3 is 15.0 Å². The summed E-state index contributed by atoms with van der Waals surface area (Å²) in [4.78, 5) is 4.79. The fourth-order valence-corrected chi connectivity index (χ4v) is 2.49. The van der Waals surface area contributed by atoms with E-state index in [1.807, 2.05) is 6.92 Å². The lowest BCUT2D eigenvalue weighted by Crippen LogP contribution is -2.56. The zero-order valence-electron chi connectivity index (χ0n) is 12.9. The van der Waals surface area contributed by atoms with E-state index in [0.29, 0.717) is 0 Å². The molecular weight excluding hydrogens is 258 g/mol. The quantitative estimate of drug-likeness (QED) is 0.614. The molecule has 0 aromatic rings. The van der Waals surface area contributed by atoms with Crippen molar-refractivity contribution < 1.29 is 4.74 Å². The summed E-state index contributed by atoms with van der Waals surface area (Å²) in [6.07, 6.45) is 1.01. The van der Waals surface area contributed by atoms with Crippen molar-refractivity contribution in [2.75, 3.05) is 45.9 Å². The first-order valence-corrected chi connectivity index (χ1v) is 7.71. The van der Waals surface area contributed by atoms with Crippen molar-refractivity contribution in [1.29, 1.82) is 0 Å². The molecular formula is C14H29N3OS. The Kier molecular flexibility index (Phi) is 7.04. The summed E-state index contributed by atoms with van der Waals surface area (Å²) in [5.74, 6) is 0. The predicted molar refractivity (Wildman–Crippen MR) is 84.6 cm³/mol. The fraction of sp³-hybridized carbons (Fsp3) is 0.929. The van der Waals surface area contributed by atoms with Gasteiger partial charge in [-0.2, -0.15) is 0 Å². The van der Waals surface area contributed by atoms with Gasteiger partial charge in [0.15, 0.2) is 5.11 Å². The summed E-state index contributed by atoms with van der Waals surface area (Å²) >= 11 is 5.44. The standard InChI is InChI=1S/C14H29N3OS/c1-5-18-12-6-7-15-13(19)16-8-10-17(11-9-16)14(2,3)4/h5-12H2,1-4H3,(H,15,19). The van der Waals surface area contributed by atoms with Crippen LogP contribution in [0.15, 0.2) is 0 Å². The largest absolute Gasteiger partial charge is 0.382 e. The van der Waals surface area contributed by atoms with Crippen LogP contribution in [0.25, 0.3) is 0 Å². The van der Waals surface area contributed by atoms with E-state index in [1.165, 1.54) is 0 Å². The average Bonchev–Trinajstić information content (AvgIpc) is 2.37. The highest BCUT2D eigenvalue weighted by Crippen LogP contribution is 2.15. The monoisotopic (exact) mass is 287 g/mol. The molecule has 1 N–H and O–H groups in total. The summed E-state index contributed by atoms with van der Waals surface area (Å²) < 4.78 is 5.31. The number of piperazine rings is 1. The van der Waals surface area contributed by atoms with E-state index in [9.17, 15) is 0 Å². The number of thiocarbonyl (C=S) groups is 1. The van der Waals surface area contributed by atoms with Crippen LogP contribution in [-0.4, -0.2) is 66.4 Å². The van der Waals surface area contributed by atoms with Gasteiger partial charge in [-0.15, -0.1) is 0 Å². The molecule has 0 radical (unpaired) electrons. The third-order valence-corrected chi connectivity index (χ3v) is 3.86. The Morgan fingerprint density at radius 1 is 1.21 bits per heavy atom. The number of hydrogen-bond donors (Lipinski definition) is 1. The first-order chi connectivity index (χ1) is 8.95. The normalized spacial score (nSPS) is 17.6. The van der Waals surface area contributed by atoms with Gasteiger partial charge in [0.25, 0.3) is 0 Å². The van der Waals surface area contributed by atoms with Crippen LogP contribution in [0.2, 0.25) is 0 Å². The van der Waals surface area contributed by atoms with Crippen LogP contribution in [0.3, 0.4) is 0 Å². The summed E-state index contributed by atoms with van der Waals surface area (Å²) in [6, 6.07) is 0. The lowest BCUT2D eigenvalue weighted by Gasteiger charge is -2.43. The maximum absolute atomic E-state index is 5.44.